The molecule has 0 aromatic rings. The van der Waals surface area contributed by atoms with E-state index in [4.69, 9.17) is 80.7 Å². The van der Waals surface area contributed by atoms with E-state index in [1.54, 1.807) is 7.11 Å². The third-order valence-electron chi connectivity index (χ3n) is 4.56. The van der Waals surface area contributed by atoms with Gasteiger partial charge in [-0.1, -0.05) is 38.5 Å². The summed E-state index contributed by atoms with van der Waals surface area (Å²) in [4.78, 5) is 0. The highest BCUT2D eigenvalue weighted by atomic mass is 35.8. The Morgan fingerprint density at radius 3 is 1.55 bits per heavy atom. The first kappa shape index (κ1) is 31.1. The van der Waals surface area contributed by atoms with Crippen molar-refractivity contribution in [2.45, 2.75) is 82.2 Å². The van der Waals surface area contributed by atoms with Crippen LogP contribution in [0.15, 0.2) is 0 Å². The van der Waals surface area contributed by atoms with Gasteiger partial charge in [0.05, 0.1) is 0 Å². The molecule has 0 fully saturated rings. The second kappa shape index (κ2) is 19.5. The molecule has 0 saturated heterocycles. The number of hydrogen-bond donors (Lipinski definition) is 0. The lowest BCUT2D eigenvalue weighted by Crippen LogP contribution is -2.25. The molecular weight excluding hydrogens is 533 g/mol. The Morgan fingerprint density at radius 1 is 0.621 bits per heavy atom. The van der Waals surface area contributed by atoms with Crippen molar-refractivity contribution < 1.29 is 14.2 Å². The molecule has 0 aliphatic heterocycles. The second-order valence-corrected chi connectivity index (χ2v) is 25.5. The fourth-order valence-electron chi connectivity index (χ4n) is 2.97. The zero-order chi connectivity index (χ0) is 22.0. The van der Waals surface area contributed by atoms with Crippen LogP contribution < -0.4 is 0 Å². The van der Waals surface area contributed by atoms with Gasteiger partial charge in [0.1, 0.15) is 6.79 Å². The van der Waals surface area contributed by atoms with Gasteiger partial charge in [-0.3, -0.25) is 0 Å². The van der Waals surface area contributed by atoms with Gasteiger partial charge in [-0.05, 0) is 43.7 Å². The minimum Gasteiger partial charge on any atom is -0.381 e. The fourth-order valence-corrected chi connectivity index (χ4v) is 12.0. The van der Waals surface area contributed by atoms with E-state index in [-0.39, 0.29) is 5.54 Å². The van der Waals surface area contributed by atoms with E-state index in [1.807, 2.05) is 0 Å². The topological polar surface area (TPSA) is 27.7 Å². The number of methoxy groups -OCH3 is 1. The summed E-state index contributed by atoms with van der Waals surface area (Å²) in [6, 6.07) is -5.15. The van der Waals surface area contributed by atoms with Gasteiger partial charge in [0.25, 0.3) is 0 Å². The second-order valence-electron chi connectivity index (χ2n) is 7.31. The third kappa shape index (κ3) is 23.0. The zero-order valence-corrected chi connectivity index (χ0v) is 23.9. The molecule has 0 radical (unpaired) electrons. The maximum atomic E-state index is 6.18. The fraction of sp³-hybridized carbons (Fsp3) is 1.00. The van der Waals surface area contributed by atoms with Crippen LogP contribution in [0.4, 0.5) is 0 Å². The number of hydrogen-bond acceptors (Lipinski definition) is 3. The molecule has 29 heavy (non-hydrogen) atoms. The van der Waals surface area contributed by atoms with Crippen LogP contribution in [-0.2, 0) is 14.2 Å². The summed E-state index contributed by atoms with van der Waals surface area (Å²) in [5.41, 5.74) is -0.0540. The van der Waals surface area contributed by atoms with E-state index in [0.717, 1.165) is 64.8 Å². The molecule has 0 rings (SSSR count). The maximum Gasteiger partial charge on any atom is 0.344 e. The van der Waals surface area contributed by atoms with Gasteiger partial charge in [0.15, 0.2) is 0 Å². The van der Waals surface area contributed by atoms with E-state index >= 15 is 0 Å². The molecule has 11 heteroatoms. The lowest BCUT2D eigenvalue weighted by Gasteiger charge is -2.24. The summed E-state index contributed by atoms with van der Waals surface area (Å²) in [6.45, 7) is 2.84. The number of rotatable bonds is 21. The van der Waals surface area contributed by atoms with Crippen LogP contribution >= 0.6 is 66.5 Å². The first-order chi connectivity index (χ1) is 13.7. The third-order valence-corrected chi connectivity index (χ3v) is 11.5. The summed E-state index contributed by atoms with van der Waals surface area (Å²) in [5, 5.41) is 0. The van der Waals surface area contributed by atoms with Crippen LogP contribution in [0.1, 0.15) is 70.6 Å². The van der Waals surface area contributed by atoms with Gasteiger partial charge < -0.3 is 14.2 Å². The first-order valence-electron chi connectivity index (χ1n) is 10.4. The number of ether oxygens (including phenoxy) is 3. The summed E-state index contributed by atoms with van der Waals surface area (Å²) >= 11 is 36.6. The molecule has 0 aliphatic rings. The Labute approximate surface area is 207 Å². The van der Waals surface area contributed by atoms with Gasteiger partial charge in [-0.25, -0.2) is 0 Å². The van der Waals surface area contributed by atoms with E-state index < -0.39 is 12.0 Å². The average molecular weight is 569 g/mol. The normalized spacial score (nSPS) is 13.8. The Balaban J connectivity index is 3.42. The molecule has 0 aromatic carbocycles. The quantitative estimate of drug-likeness (QED) is 0.0600. The summed E-state index contributed by atoms with van der Waals surface area (Å²) in [5.74, 6) is 0. The van der Waals surface area contributed by atoms with E-state index in [1.165, 1.54) is 25.7 Å². The lowest BCUT2D eigenvalue weighted by molar-refractivity contribution is -0.0318. The smallest absolute Gasteiger partial charge is 0.344 e. The predicted octanol–water partition coefficient (Wildman–Crippen LogP) is 8.60. The maximum absolute atomic E-state index is 6.18. The molecule has 0 N–H and O–H groups in total. The first-order valence-corrected chi connectivity index (χ1v) is 20.8. The SMILES string of the molecule is COCOCCCCCOCCCCCCCCCC(C[Si](Cl)(Cl)Cl)[Si](Cl)(Cl)Cl. The van der Waals surface area contributed by atoms with Gasteiger partial charge >= 0.3 is 12.0 Å². The van der Waals surface area contributed by atoms with Gasteiger partial charge in [-0.2, -0.15) is 0 Å². The van der Waals surface area contributed by atoms with Crippen LogP contribution in [0.5, 0.6) is 0 Å². The van der Waals surface area contributed by atoms with Gasteiger partial charge in [-0.15, -0.1) is 66.5 Å². The highest BCUT2D eigenvalue weighted by Gasteiger charge is 2.42. The van der Waals surface area contributed by atoms with E-state index in [2.05, 4.69) is 0 Å². The number of halogens is 6. The molecule has 0 bridgehead atoms. The molecule has 3 nitrogen and oxygen atoms in total. The van der Waals surface area contributed by atoms with E-state index in [9.17, 15) is 0 Å². The minimum absolute atomic E-state index is 0.0540. The van der Waals surface area contributed by atoms with Crippen molar-refractivity contribution in [1.29, 1.82) is 0 Å². The lowest BCUT2D eigenvalue weighted by atomic mass is 10.1. The van der Waals surface area contributed by atoms with Crippen LogP contribution in [-0.4, -0.2) is 45.7 Å². The molecule has 0 spiro atoms. The molecule has 0 amide bonds. The summed E-state index contributed by atoms with van der Waals surface area (Å²) < 4.78 is 15.7. The van der Waals surface area contributed by atoms with Gasteiger partial charge in [0.2, 0.25) is 0 Å². The van der Waals surface area contributed by atoms with E-state index in [0.29, 0.717) is 12.8 Å². The van der Waals surface area contributed by atoms with Crippen molar-refractivity contribution in [2.24, 2.45) is 0 Å². The largest absolute Gasteiger partial charge is 0.381 e. The average Bonchev–Trinajstić information content (AvgIpc) is 2.61. The van der Waals surface area contributed by atoms with Crippen molar-refractivity contribution in [3.05, 3.63) is 0 Å². The van der Waals surface area contributed by atoms with Crippen molar-refractivity contribution in [3.63, 3.8) is 0 Å². The number of unbranched alkanes of at least 4 members (excludes halogenated alkanes) is 8. The standard InChI is InChI=1S/C18H36Cl6O3Si2/c1-25-17-27-15-11-7-10-14-26-13-9-6-4-2-3-5-8-12-18(29(22,23)24)16-28(19,20)21/h18H,2-17H2,1H3. The highest BCUT2D eigenvalue weighted by molar-refractivity contribution is 7.67. The van der Waals surface area contributed by atoms with Crippen LogP contribution in [0.25, 0.3) is 0 Å². The summed E-state index contributed by atoms with van der Waals surface area (Å²) in [7, 11) is 1.64. The van der Waals surface area contributed by atoms with Gasteiger partial charge in [0, 0.05) is 26.9 Å². The molecule has 1 unspecified atom stereocenters. The molecular formula is C18H36Cl6O3Si2. The Hall–Kier alpha value is 2.05. The van der Waals surface area contributed by atoms with Crippen LogP contribution in [0.2, 0.25) is 11.6 Å². The summed E-state index contributed by atoms with van der Waals surface area (Å²) in [6.07, 6.45) is 12.3. The molecule has 0 aromatic heterocycles. The monoisotopic (exact) mass is 566 g/mol. The van der Waals surface area contributed by atoms with Crippen molar-refractivity contribution in [2.75, 3.05) is 33.7 Å². The van der Waals surface area contributed by atoms with Crippen LogP contribution in [0.3, 0.4) is 0 Å². The van der Waals surface area contributed by atoms with Crippen molar-refractivity contribution >= 4 is 78.5 Å². The molecule has 0 aliphatic carbocycles. The van der Waals surface area contributed by atoms with Crippen molar-refractivity contribution in [1.82, 2.24) is 0 Å². The van der Waals surface area contributed by atoms with Crippen LogP contribution in [0, 0.1) is 0 Å². The molecule has 1 atom stereocenters. The molecule has 0 heterocycles. The van der Waals surface area contributed by atoms with Crippen molar-refractivity contribution in [3.8, 4) is 0 Å². The predicted molar refractivity (Wildman–Crippen MR) is 135 cm³/mol. The Kier molecular flexibility index (Phi) is 20.9. The molecule has 0 saturated carbocycles. The highest BCUT2D eigenvalue weighted by Crippen LogP contribution is 2.45. The zero-order valence-electron chi connectivity index (χ0n) is 17.4. The Bertz CT molecular complexity index is 370. The Morgan fingerprint density at radius 2 is 1.07 bits per heavy atom. The molecule has 176 valence electrons. The minimum atomic E-state index is -2.83.